The van der Waals surface area contributed by atoms with Crippen LogP contribution in [0.15, 0.2) is 35.6 Å². The summed E-state index contributed by atoms with van der Waals surface area (Å²) in [6.07, 6.45) is 3.34. The molecule has 112 valence electrons. The predicted octanol–water partition coefficient (Wildman–Crippen LogP) is 2.50. The van der Waals surface area contributed by atoms with Gasteiger partial charge in [-0.3, -0.25) is 9.71 Å². The van der Waals surface area contributed by atoms with Crippen LogP contribution in [0, 0.1) is 5.82 Å². The Bertz CT molecular complexity index is 755. The van der Waals surface area contributed by atoms with Gasteiger partial charge in [0.1, 0.15) is 10.7 Å². The van der Waals surface area contributed by atoms with Crippen molar-refractivity contribution in [3.8, 4) is 0 Å². The number of hydrogen-bond donors (Lipinski definition) is 2. The molecule has 2 heterocycles. The number of nitrogens with one attached hydrogen (secondary N) is 2. The van der Waals surface area contributed by atoms with Gasteiger partial charge in [-0.2, -0.15) is 0 Å². The molecule has 0 amide bonds. The molecule has 2 rings (SSSR count). The van der Waals surface area contributed by atoms with Crippen LogP contribution in [0.25, 0.3) is 0 Å². The molecule has 0 atom stereocenters. The van der Waals surface area contributed by atoms with Crippen molar-refractivity contribution in [2.45, 2.75) is 11.8 Å². The van der Waals surface area contributed by atoms with Crippen LogP contribution < -0.4 is 10.0 Å². The Morgan fingerprint density at radius 3 is 2.76 bits per heavy atom. The Morgan fingerprint density at radius 2 is 2.14 bits per heavy atom. The van der Waals surface area contributed by atoms with Crippen molar-refractivity contribution in [3.63, 3.8) is 0 Å². The number of nitrogens with zero attached hydrogens (tertiary/aromatic N) is 2. The molecule has 0 aliphatic carbocycles. The second kappa shape index (κ2) is 6.23. The molecule has 0 unspecified atom stereocenters. The Hall–Kier alpha value is -1.93. The first-order valence-electron chi connectivity index (χ1n) is 5.96. The molecule has 21 heavy (non-hydrogen) atoms. The van der Waals surface area contributed by atoms with E-state index in [-0.39, 0.29) is 15.6 Å². The van der Waals surface area contributed by atoms with Gasteiger partial charge in [-0.25, -0.2) is 17.8 Å². The van der Waals surface area contributed by atoms with Crippen molar-refractivity contribution < 1.29 is 12.8 Å². The van der Waals surface area contributed by atoms with Gasteiger partial charge in [-0.1, -0.05) is 11.6 Å². The summed E-state index contributed by atoms with van der Waals surface area (Å²) < 4.78 is 39.9. The van der Waals surface area contributed by atoms with Crippen LogP contribution in [0.3, 0.4) is 0 Å². The van der Waals surface area contributed by atoms with Crippen molar-refractivity contribution >= 4 is 33.1 Å². The molecule has 0 saturated carbocycles. The van der Waals surface area contributed by atoms with E-state index in [4.69, 9.17) is 11.6 Å². The van der Waals surface area contributed by atoms with Crippen LogP contribution in [0.1, 0.15) is 6.92 Å². The molecule has 0 spiro atoms. The largest absolute Gasteiger partial charge is 0.369 e. The van der Waals surface area contributed by atoms with Crippen molar-refractivity contribution in [1.29, 1.82) is 0 Å². The average Bonchev–Trinajstić information content (AvgIpc) is 2.43. The summed E-state index contributed by atoms with van der Waals surface area (Å²) in [6.45, 7) is 2.45. The van der Waals surface area contributed by atoms with Crippen molar-refractivity contribution in [1.82, 2.24) is 9.97 Å². The number of rotatable bonds is 5. The maximum atomic E-state index is 13.4. The Balaban J connectivity index is 2.32. The number of anilines is 2. The molecule has 0 radical (unpaired) electrons. The van der Waals surface area contributed by atoms with Gasteiger partial charge in [-0.15, -0.1) is 0 Å². The standard InChI is InChI=1S/C12H12ClFN4O2S/c1-2-16-12-9(13)5-8(6-17-12)21(19,20)18-11-3-4-15-7-10(11)14/h3-7H,2H2,1H3,(H,15,18)(H,16,17). The molecule has 2 aromatic rings. The number of aromatic nitrogens is 2. The van der Waals surface area contributed by atoms with Gasteiger partial charge in [0.25, 0.3) is 10.0 Å². The fraction of sp³-hybridized carbons (Fsp3) is 0.167. The van der Waals surface area contributed by atoms with Gasteiger partial charge >= 0.3 is 0 Å². The fourth-order valence-electron chi connectivity index (χ4n) is 1.53. The first-order chi connectivity index (χ1) is 9.94. The smallest absolute Gasteiger partial charge is 0.263 e. The molecule has 0 saturated heterocycles. The summed E-state index contributed by atoms with van der Waals surface area (Å²) in [6, 6.07) is 2.46. The summed E-state index contributed by atoms with van der Waals surface area (Å²) in [5, 5.41) is 3.05. The zero-order valence-corrected chi connectivity index (χ0v) is 12.5. The highest BCUT2D eigenvalue weighted by molar-refractivity contribution is 7.92. The Labute approximate surface area is 126 Å². The molecule has 0 fully saturated rings. The van der Waals surface area contributed by atoms with Crippen LogP contribution in [0.4, 0.5) is 15.9 Å². The van der Waals surface area contributed by atoms with E-state index < -0.39 is 15.8 Å². The van der Waals surface area contributed by atoms with Crippen LogP contribution in [-0.2, 0) is 10.0 Å². The lowest BCUT2D eigenvalue weighted by molar-refractivity contribution is 0.597. The Kier molecular flexibility index (Phi) is 4.59. The second-order valence-corrected chi connectivity index (χ2v) is 6.08. The molecule has 0 aromatic carbocycles. The number of pyridine rings is 2. The lowest BCUT2D eigenvalue weighted by Gasteiger charge is -2.10. The lowest BCUT2D eigenvalue weighted by Crippen LogP contribution is -2.15. The lowest BCUT2D eigenvalue weighted by atomic mass is 10.4. The first-order valence-corrected chi connectivity index (χ1v) is 7.82. The van der Waals surface area contributed by atoms with E-state index in [0.29, 0.717) is 12.4 Å². The third-order valence-corrected chi connectivity index (χ3v) is 4.11. The molecule has 9 heteroatoms. The quantitative estimate of drug-likeness (QED) is 0.880. The zero-order valence-electron chi connectivity index (χ0n) is 11.0. The first kappa shape index (κ1) is 15.5. The summed E-state index contributed by atoms with van der Waals surface area (Å²) in [5.74, 6) is -0.391. The summed E-state index contributed by atoms with van der Waals surface area (Å²) in [4.78, 5) is 7.31. The van der Waals surface area contributed by atoms with Gasteiger partial charge in [0, 0.05) is 18.9 Å². The molecule has 0 aliphatic heterocycles. The van der Waals surface area contributed by atoms with Crippen LogP contribution >= 0.6 is 11.6 Å². The molecule has 0 aliphatic rings. The molecular weight excluding hydrogens is 319 g/mol. The van der Waals surface area contributed by atoms with E-state index in [1.165, 1.54) is 18.3 Å². The molecule has 2 N–H and O–H groups in total. The topological polar surface area (TPSA) is 84.0 Å². The van der Waals surface area contributed by atoms with E-state index in [1.807, 2.05) is 6.92 Å². The average molecular weight is 331 g/mol. The molecule has 0 bridgehead atoms. The fourth-order valence-corrected chi connectivity index (χ4v) is 2.86. The van der Waals surface area contributed by atoms with E-state index >= 15 is 0 Å². The van der Waals surface area contributed by atoms with Gasteiger partial charge in [0.2, 0.25) is 0 Å². The van der Waals surface area contributed by atoms with Crippen LogP contribution in [0.2, 0.25) is 5.02 Å². The highest BCUT2D eigenvalue weighted by atomic mass is 35.5. The maximum absolute atomic E-state index is 13.4. The van der Waals surface area contributed by atoms with Crippen molar-refractivity contribution in [2.24, 2.45) is 0 Å². The third-order valence-electron chi connectivity index (χ3n) is 2.49. The zero-order chi connectivity index (χ0) is 15.5. The van der Waals surface area contributed by atoms with Crippen LogP contribution in [-0.4, -0.2) is 24.9 Å². The molecule has 6 nitrogen and oxygen atoms in total. The van der Waals surface area contributed by atoms with E-state index in [0.717, 1.165) is 12.4 Å². The maximum Gasteiger partial charge on any atom is 0.263 e. The van der Waals surface area contributed by atoms with Gasteiger partial charge < -0.3 is 5.32 Å². The second-order valence-electron chi connectivity index (χ2n) is 3.99. The monoisotopic (exact) mass is 330 g/mol. The number of hydrogen-bond acceptors (Lipinski definition) is 5. The predicted molar refractivity (Wildman–Crippen MR) is 78.4 cm³/mol. The van der Waals surface area contributed by atoms with E-state index in [1.54, 1.807) is 0 Å². The third kappa shape index (κ3) is 3.59. The number of sulfonamides is 1. The Morgan fingerprint density at radius 1 is 1.38 bits per heavy atom. The molecule has 2 aromatic heterocycles. The highest BCUT2D eigenvalue weighted by Gasteiger charge is 2.18. The summed E-state index contributed by atoms with van der Waals surface area (Å²) >= 11 is 5.95. The van der Waals surface area contributed by atoms with E-state index in [9.17, 15) is 12.8 Å². The van der Waals surface area contributed by atoms with Crippen molar-refractivity contribution in [3.05, 3.63) is 41.6 Å². The minimum absolute atomic E-state index is 0.162. The summed E-state index contributed by atoms with van der Waals surface area (Å²) in [5.41, 5.74) is -0.197. The normalized spacial score (nSPS) is 11.2. The van der Waals surface area contributed by atoms with Gasteiger partial charge in [0.05, 0.1) is 16.9 Å². The van der Waals surface area contributed by atoms with Gasteiger partial charge in [0.15, 0.2) is 5.82 Å². The van der Waals surface area contributed by atoms with E-state index in [2.05, 4.69) is 20.0 Å². The number of halogens is 2. The van der Waals surface area contributed by atoms with Crippen molar-refractivity contribution in [2.75, 3.05) is 16.6 Å². The molecular formula is C12H12ClFN4O2S. The van der Waals surface area contributed by atoms with Gasteiger partial charge in [-0.05, 0) is 19.1 Å². The summed E-state index contributed by atoms with van der Waals surface area (Å²) in [7, 11) is -3.98. The minimum Gasteiger partial charge on any atom is -0.369 e. The highest BCUT2D eigenvalue weighted by Crippen LogP contribution is 2.24. The minimum atomic E-state index is -3.98. The van der Waals surface area contributed by atoms with Crippen LogP contribution in [0.5, 0.6) is 0 Å². The SMILES string of the molecule is CCNc1ncc(S(=O)(=O)Nc2ccncc2F)cc1Cl.